The molecule has 4 rings (SSSR count). The summed E-state index contributed by atoms with van der Waals surface area (Å²) in [5.41, 5.74) is -5.56. The molecule has 1 saturated heterocycles. The van der Waals surface area contributed by atoms with E-state index in [1.54, 1.807) is 27.7 Å². The van der Waals surface area contributed by atoms with Gasteiger partial charge in [0.1, 0.15) is 23.4 Å². The van der Waals surface area contributed by atoms with Crippen molar-refractivity contribution >= 4 is 23.9 Å². The van der Waals surface area contributed by atoms with E-state index in [0.29, 0.717) is 11.1 Å². The van der Waals surface area contributed by atoms with Crippen molar-refractivity contribution in [1.82, 2.24) is 0 Å². The molecule has 0 radical (unpaired) electrons. The fraction of sp³-hybridized carbons (Fsp3) is 0.786. The molecule has 0 aromatic heterocycles. The molecular weight excluding hydrogens is 528 g/mol. The lowest BCUT2D eigenvalue weighted by molar-refractivity contribution is -0.279. The van der Waals surface area contributed by atoms with Crippen molar-refractivity contribution in [2.45, 2.75) is 116 Å². The van der Waals surface area contributed by atoms with Gasteiger partial charge < -0.3 is 39.0 Å². The number of fused-ring (bicyclic) bond motifs is 4. The van der Waals surface area contributed by atoms with E-state index in [9.17, 15) is 34.5 Å². The summed E-state index contributed by atoms with van der Waals surface area (Å²) < 4.78 is 28.8. The van der Waals surface area contributed by atoms with Crippen LogP contribution in [0.3, 0.4) is 0 Å². The molecule has 1 spiro atoms. The van der Waals surface area contributed by atoms with Crippen LogP contribution in [0, 0.1) is 16.7 Å². The van der Waals surface area contributed by atoms with Crippen LogP contribution >= 0.6 is 0 Å². The van der Waals surface area contributed by atoms with Gasteiger partial charge in [0.2, 0.25) is 0 Å². The van der Waals surface area contributed by atoms with Gasteiger partial charge >= 0.3 is 23.9 Å². The van der Waals surface area contributed by atoms with Crippen molar-refractivity contribution in [3.63, 3.8) is 0 Å². The highest BCUT2D eigenvalue weighted by atomic mass is 16.6. The van der Waals surface area contributed by atoms with Crippen molar-refractivity contribution < 1.29 is 58.2 Å². The molecule has 12 heteroatoms. The van der Waals surface area contributed by atoms with Crippen molar-refractivity contribution in [3.8, 4) is 0 Å². The van der Waals surface area contributed by atoms with Crippen LogP contribution in [0.2, 0.25) is 0 Å². The van der Waals surface area contributed by atoms with Crippen LogP contribution in [0.4, 0.5) is 0 Å². The Labute approximate surface area is 232 Å². The number of aliphatic hydroxyl groups excluding tert-OH is 2. The van der Waals surface area contributed by atoms with E-state index in [1.807, 2.05) is 0 Å². The molecule has 2 saturated carbocycles. The largest absolute Gasteiger partial charge is 0.459 e. The van der Waals surface area contributed by atoms with E-state index in [-0.39, 0.29) is 19.4 Å². The van der Waals surface area contributed by atoms with Gasteiger partial charge in [-0.05, 0) is 18.1 Å². The third-order valence-electron chi connectivity index (χ3n) is 9.71. The zero-order chi connectivity index (χ0) is 30.2. The van der Waals surface area contributed by atoms with Crippen LogP contribution in [-0.2, 0) is 42.9 Å². The predicted octanol–water partition coefficient (Wildman–Crippen LogP) is 0.721. The Bertz CT molecular complexity index is 1140. The Hall–Kier alpha value is -2.54. The summed E-state index contributed by atoms with van der Waals surface area (Å²) in [5, 5.41) is 36.5. The van der Waals surface area contributed by atoms with E-state index in [0.717, 1.165) is 0 Å². The lowest BCUT2D eigenvalue weighted by Crippen LogP contribution is -2.76. The standard InChI is InChI=1S/C28H40O12/c1-12-17(37-13(2)29)10-28(35)23(34)22-26(8,18(33)9-19(38-14(3)30)27(22)11-36-27)24(40-16(5)32)21(39-15(4)31)20(12)25(28,6)7/h17-19,21-24,33-35H,9-11H2,1-8H3. The summed E-state index contributed by atoms with van der Waals surface area (Å²) in [6.45, 7) is 11.4. The summed E-state index contributed by atoms with van der Waals surface area (Å²) in [4.78, 5) is 49.2. The average Bonchev–Trinajstić information content (AvgIpc) is 3.58. The molecule has 3 aliphatic carbocycles. The van der Waals surface area contributed by atoms with Crippen LogP contribution in [-0.4, -0.2) is 93.6 Å². The Kier molecular flexibility index (Phi) is 7.44. The van der Waals surface area contributed by atoms with Crippen molar-refractivity contribution in [3.05, 3.63) is 11.1 Å². The summed E-state index contributed by atoms with van der Waals surface area (Å²) in [7, 11) is 0. The third kappa shape index (κ3) is 4.34. The van der Waals surface area contributed by atoms with E-state index in [2.05, 4.69) is 0 Å². The molecule has 1 heterocycles. The van der Waals surface area contributed by atoms with Gasteiger partial charge in [-0.25, -0.2) is 0 Å². The number of hydrogen-bond acceptors (Lipinski definition) is 12. The van der Waals surface area contributed by atoms with E-state index in [4.69, 9.17) is 23.7 Å². The van der Waals surface area contributed by atoms with E-state index < -0.39 is 88.5 Å². The Morgan fingerprint density at radius 3 is 1.88 bits per heavy atom. The predicted molar refractivity (Wildman–Crippen MR) is 135 cm³/mol. The summed E-state index contributed by atoms with van der Waals surface area (Å²) in [6.07, 6.45) is -8.14. The molecule has 10 unspecified atom stereocenters. The number of aliphatic hydroxyl groups is 3. The number of ether oxygens (including phenoxy) is 5. The normalized spacial score (nSPS) is 43.5. The van der Waals surface area contributed by atoms with Crippen LogP contribution in [0.1, 0.15) is 68.2 Å². The highest BCUT2D eigenvalue weighted by Gasteiger charge is 2.78. The maximum atomic E-state index is 12.6. The van der Waals surface area contributed by atoms with Gasteiger partial charge in [-0.3, -0.25) is 19.2 Å². The van der Waals surface area contributed by atoms with Gasteiger partial charge in [-0.2, -0.15) is 0 Å². The monoisotopic (exact) mass is 568 g/mol. The van der Waals surface area contributed by atoms with Crippen molar-refractivity contribution in [1.29, 1.82) is 0 Å². The lowest BCUT2D eigenvalue weighted by atomic mass is 9.45. The molecular formula is C28H40O12. The highest BCUT2D eigenvalue weighted by molar-refractivity contribution is 5.69. The second-order valence-electron chi connectivity index (χ2n) is 12.4. The molecule has 224 valence electrons. The second-order valence-corrected chi connectivity index (χ2v) is 12.4. The van der Waals surface area contributed by atoms with Crippen molar-refractivity contribution in [2.75, 3.05) is 6.61 Å². The molecule has 10 atom stereocenters. The zero-order valence-electron chi connectivity index (χ0n) is 24.2. The minimum Gasteiger partial charge on any atom is -0.459 e. The average molecular weight is 569 g/mol. The van der Waals surface area contributed by atoms with Gasteiger partial charge in [0.05, 0.1) is 18.8 Å². The van der Waals surface area contributed by atoms with Gasteiger partial charge in [0.25, 0.3) is 0 Å². The van der Waals surface area contributed by atoms with Crippen molar-refractivity contribution in [2.24, 2.45) is 16.7 Å². The van der Waals surface area contributed by atoms with Crippen LogP contribution in [0.15, 0.2) is 11.1 Å². The molecule has 0 aromatic rings. The first kappa shape index (κ1) is 30.4. The highest BCUT2D eigenvalue weighted by Crippen LogP contribution is 2.65. The molecule has 0 aromatic carbocycles. The second kappa shape index (κ2) is 9.78. The van der Waals surface area contributed by atoms with E-state index in [1.165, 1.54) is 27.7 Å². The number of epoxide rings is 1. The molecule has 3 fully saturated rings. The maximum absolute atomic E-state index is 12.6. The van der Waals surface area contributed by atoms with E-state index >= 15 is 0 Å². The minimum atomic E-state index is -2.04. The van der Waals surface area contributed by atoms with Gasteiger partial charge in [0, 0.05) is 57.3 Å². The fourth-order valence-corrected chi connectivity index (χ4v) is 7.77. The fourth-order valence-electron chi connectivity index (χ4n) is 7.77. The van der Waals surface area contributed by atoms with Gasteiger partial charge in [-0.15, -0.1) is 0 Å². The molecule has 1 aliphatic heterocycles. The van der Waals surface area contributed by atoms with Gasteiger partial charge in [0.15, 0.2) is 12.2 Å². The number of esters is 4. The first-order valence-corrected chi connectivity index (χ1v) is 13.5. The lowest BCUT2D eigenvalue weighted by Gasteiger charge is -2.64. The maximum Gasteiger partial charge on any atom is 0.303 e. The summed E-state index contributed by atoms with van der Waals surface area (Å²) in [6, 6.07) is 0. The first-order valence-electron chi connectivity index (χ1n) is 13.5. The van der Waals surface area contributed by atoms with Crippen LogP contribution in [0.5, 0.6) is 0 Å². The molecule has 40 heavy (non-hydrogen) atoms. The summed E-state index contributed by atoms with van der Waals surface area (Å²) >= 11 is 0. The van der Waals surface area contributed by atoms with Crippen LogP contribution in [0.25, 0.3) is 0 Å². The third-order valence-corrected chi connectivity index (χ3v) is 9.71. The number of hydrogen-bond donors (Lipinski definition) is 3. The Morgan fingerprint density at radius 1 is 0.875 bits per heavy atom. The molecule has 4 aliphatic rings. The number of rotatable bonds is 4. The smallest absolute Gasteiger partial charge is 0.303 e. The first-order chi connectivity index (χ1) is 18.3. The number of carbonyl (C=O) groups is 4. The molecule has 3 N–H and O–H groups in total. The Balaban J connectivity index is 2.08. The van der Waals surface area contributed by atoms with Gasteiger partial charge in [-0.1, -0.05) is 20.8 Å². The number of carbonyl (C=O) groups excluding carboxylic acids is 4. The Morgan fingerprint density at radius 2 is 1.40 bits per heavy atom. The quantitative estimate of drug-likeness (QED) is 0.188. The molecule has 12 nitrogen and oxygen atoms in total. The summed E-state index contributed by atoms with van der Waals surface area (Å²) in [5.74, 6) is -3.92. The molecule has 0 amide bonds. The SMILES string of the molecule is CC(=O)OC1CC2(O)C(O)C3C4(CO4)C(OC(C)=O)CC(O)C3(C)C(OC(C)=O)C(OC(C)=O)C(=C1C)C2(C)C. The topological polar surface area (TPSA) is 178 Å². The minimum absolute atomic E-state index is 0.0195. The zero-order valence-corrected chi connectivity index (χ0v) is 24.2. The van der Waals surface area contributed by atoms with Crippen LogP contribution < -0.4 is 0 Å². The molecule has 2 bridgehead atoms.